The van der Waals surface area contributed by atoms with Crippen LogP contribution < -0.4 is 5.56 Å². The van der Waals surface area contributed by atoms with E-state index in [0.717, 1.165) is 16.7 Å². The Labute approximate surface area is 112 Å². The number of rotatable bonds is 1. The molecule has 0 aliphatic heterocycles. The van der Waals surface area contributed by atoms with E-state index in [0.29, 0.717) is 5.82 Å². The van der Waals surface area contributed by atoms with Gasteiger partial charge in [-0.05, 0) is 48.6 Å². The maximum atomic E-state index is 11.5. The van der Waals surface area contributed by atoms with Crippen LogP contribution >= 0.6 is 22.6 Å². The van der Waals surface area contributed by atoms with Gasteiger partial charge in [-0.1, -0.05) is 17.2 Å². The van der Waals surface area contributed by atoms with Gasteiger partial charge in [0, 0.05) is 5.56 Å². The van der Waals surface area contributed by atoms with Crippen molar-refractivity contribution in [2.75, 3.05) is 0 Å². The van der Waals surface area contributed by atoms with Crippen molar-refractivity contribution in [3.8, 4) is 17.3 Å². The molecule has 2 aromatic rings. The van der Waals surface area contributed by atoms with Crippen LogP contribution in [0.2, 0.25) is 0 Å². The van der Waals surface area contributed by atoms with Gasteiger partial charge in [0.15, 0.2) is 0 Å². The summed E-state index contributed by atoms with van der Waals surface area (Å²) in [6.45, 7) is 3.95. The highest BCUT2D eigenvalue weighted by atomic mass is 127. The Morgan fingerprint density at radius 3 is 2.35 bits per heavy atom. The van der Waals surface area contributed by atoms with Crippen molar-refractivity contribution in [3.05, 3.63) is 43.2 Å². The number of hydrogen-bond acceptors (Lipinski definition) is 3. The third kappa shape index (κ3) is 2.49. The first kappa shape index (κ1) is 12.1. The second-order valence-corrected chi connectivity index (χ2v) is 5.01. The maximum absolute atomic E-state index is 11.5. The quantitative estimate of drug-likeness (QED) is 0.782. The van der Waals surface area contributed by atoms with E-state index in [9.17, 15) is 9.90 Å². The van der Waals surface area contributed by atoms with E-state index in [1.54, 1.807) is 22.6 Å². The van der Waals surface area contributed by atoms with E-state index < -0.39 is 0 Å². The molecule has 0 aliphatic rings. The smallest absolute Gasteiger partial charge is 0.268 e. The molecule has 17 heavy (non-hydrogen) atoms. The van der Waals surface area contributed by atoms with Crippen LogP contribution in [0.3, 0.4) is 0 Å². The van der Waals surface area contributed by atoms with Gasteiger partial charge >= 0.3 is 0 Å². The summed E-state index contributed by atoms with van der Waals surface area (Å²) in [6.07, 6.45) is 0. The molecule has 5 heteroatoms. The molecule has 0 bridgehead atoms. The molecule has 0 atom stereocenters. The molecule has 0 amide bonds. The summed E-state index contributed by atoms with van der Waals surface area (Å²) in [5, 5.41) is 9.54. The number of H-pyrrole nitrogens is 1. The zero-order valence-corrected chi connectivity index (χ0v) is 11.6. The van der Waals surface area contributed by atoms with Crippen LogP contribution in [-0.4, -0.2) is 15.1 Å². The highest BCUT2D eigenvalue weighted by Crippen LogP contribution is 2.20. The summed E-state index contributed by atoms with van der Waals surface area (Å²) in [5.74, 6) is 0.156. The number of hydrogen-bond donors (Lipinski definition) is 2. The molecule has 88 valence electrons. The number of nitrogens with one attached hydrogen (secondary N) is 1. The number of aromatic hydroxyl groups is 1. The van der Waals surface area contributed by atoms with E-state index in [1.807, 2.05) is 32.0 Å². The van der Waals surface area contributed by atoms with Gasteiger partial charge in [0.2, 0.25) is 5.88 Å². The summed E-state index contributed by atoms with van der Waals surface area (Å²) in [7, 11) is 0. The van der Waals surface area contributed by atoms with Gasteiger partial charge in [0.1, 0.15) is 9.39 Å². The first-order valence-electron chi connectivity index (χ1n) is 5.05. The molecule has 1 aromatic heterocycles. The van der Waals surface area contributed by atoms with Crippen LogP contribution in [0.4, 0.5) is 0 Å². The Kier molecular flexibility index (Phi) is 3.19. The minimum Gasteiger partial charge on any atom is -0.492 e. The first-order valence-corrected chi connectivity index (χ1v) is 6.12. The fourth-order valence-corrected chi connectivity index (χ4v) is 1.95. The Morgan fingerprint density at radius 1 is 1.24 bits per heavy atom. The molecule has 0 fully saturated rings. The van der Waals surface area contributed by atoms with E-state index in [4.69, 9.17) is 0 Å². The first-order chi connectivity index (χ1) is 7.97. The molecule has 2 N–H and O–H groups in total. The minimum atomic E-state index is -0.327. The van der Waals surface area contributed by atoms with Crippen molar-refractivity contribution >= 4 is 22.6 Å². The Bertz CT molecular complexity index is 615. The molecular weight excluding hydrogens is 331 g/mol. The van der Waals surface area contributed by atoms with Crippen molar-refractivity contribution in [1.82, 2.24) is 9.97 Å². The molecule has 0 unspecified atom stereocenters. The summed E-state index contributed by atoms with van der Waals surface area (Å²) in [6, 6.07) is 5.86. The molecule has 4 nitrogen and oxygen atoms in total. The predicted octanol–water partition coefficient (Wildman–Crippen LogP) is 2.36. The molecule has 0 radical (unpaired) electrons. The molecular formula is C12H11IN2O2. The van der Waals surface area contributed by atoms with Gasteiger partial charge in [0.05, 0.1) is 0 Å². The van der Waals surface area contributed by atoms with Crippen molar-refractivity contribution in [2.45, 2.75) is 13.8 Å². The van der Waals surface area contributed by atoms with E-state index >= 15 is 0 Å². The minimum absolute atomic E-state index is 0.204. The predicted molar refractivity (Wildman–Crippen MR) is 74.1 cm³/mol. The lowest BCUT2D eigenvalue weighted by Crippen LogP contribution is -2.12. The lowest BCUT2D eigenvalue weighted by Gasteiger charge is -2.05. The number of aryl methyl sites for hydroxylation is 2. The van der Waals surface area contributed by atoms with Gasteiger partial charge in [0.25, 0.3) is 5.56 Å². The Hall–Kier alpha value is -1.37. The lowest BCUT2D eigenvalue weighted by atomic mass is 10.1. The topological polar surface area (TPSA) is 66.0 Å². The SMILES string of the molecule is Cc1cc(C)cc(-c2nc(O)c(I)c(=O)[nH]2)c1. The normalized spacial score (nSPS) is 10.5. The third-order valence-electron chi connectivity index (χ3n) is 2.34. The van der Waals surface area contributed by atoms with E-state index in [1.165, 1.54) is 0 Å². The lowest BCUT2D eigenvalue weighted by molar-refractivity contribution is 0.447. The van der Waals surface area contributed by atoms with Gasteiger partial charge < -0.3 is 10.1 Å². The second-order valence-electron chi connectivity index (χ2n) is 3.93. The van der Waals surface area contributed by atoms with E-state index in [-0.39, 0.29) is 15.0 Å². The fourth-order valence-electron chi connectivity index (χ4n) is 1.70. The van der Waals surface area contributed by atoms with E-state index in [2.05, 4.69) is 9.97 Å². The maximum Gasteiger partial charge on any atom is 0.268 e. The highest BCUT2D eigenvalue weighted by Gasteiger charge is 2.09. The van der Waals surface area contributed by atoms with Gasteiger partial charge in [-0.3, -0.25) is 4.79 Å². The van der Waals surface area contributed by atoms with Crippen LogP contribution in [0.25, 0.3) is 11.4 Å². The molecule has 2 rings (SSSR count). The average Bonchev–Trinajstić information content (AvgIpc) is 2.23. The molecule has 1 aromatic carbocycles. The zero-order valence-electron chi connectivity index (χ0n) is 9.41. The average molecular weight is 342 g/mol. The fraction of sp³-hybridized carbons (Fsp3) is 0.167. The monoisotopic (exact) mass is 342 g/mol. The summed E-state index contributed by atoms with van der Waals surface area (Å²) in [5.41, 5.74) is 2.64. The van der Waals surface area contributed by atoms with Crippen molar-refractivity contribution < 1.29 is 5.11 Å². The van der Waals surface area contributed by atoms with Gasteiger partial charge in [-0.15, -0.1) is 0 Å². The van der Waals surface area contributed by atoms with Crippen molar-refractivity contribution in [1.29, 1.82) is 0 Å². The summed E-state index contributed by atoms with van der Waals surface area (Å²) < 4.78 is 0.204. The van der Waals surface area contributed by atoms with Crippen LogP contribution in [0.5, 0.6) is 5.88 Å². The molecule has 0 saturated carbocycles. The number of benzene rings is 1. The van der Waals surface area contributed by atoms with Crippen LogP contribution in [0.15, 0.2) is 23.0 Å². The Morgan fingerprint density at radius 2 is 1.82 bits per heavy atom. The number of aromatic amines is 1. The van der Waals surface area contributed by atoms with Crippen molar-refractivity contribution in [2.24, 2.45) is 0 Å². The largest absolute Gasteiger partial charge is 0.492 e. The number of halogens is 1. The van der Waals surface area contributed by atoms with Gasteiger partial charge in [-0.25, -0.2) is 0 Å². The van der Waals surface area contributed by atoms with Crippen molar-refractivity contribution in [3.63, 3.8) is 0 Å². The summed E-state index contributed by atoms with van der Waals surface area (Å²) in [4.78, 5) is 18.2. The molecule has 0 spiro atoms. The Balaban J connectivity index is 2.65. The molecule has 0 aliphatic carbocycles. The second kappa shape index (κ2) is 4.48. The van der Waals surface area contributed by atoms with Crippen LogP contribution in [-0.2, 0) is 0 Å². The number of nitrogens with zero attached hydrogens (tertiary/aromatic N) is 1. The van der Waals surface area contributed by atoms with Gasteiger partial charge in [-0.2, -0.15) is 4.98 Å². The molecule has 0 saturated heterocycles. The highest BCUT2D eigenvalue weighted by molar-refractivity contribution is 14.1. The summed E-state index contributed by atoms with van der Waals surface area (Å²) >= 11 is 1.76. The third-order valence-corrected chi connectivity index (χ3v) is 3.31. The zero-order chi connectivity index (χ0) is 12.6. The standard InChI is InChI=1S/C12H11IN2O2/c1-6-3-7(2)5-8(4-6)10-14-11(16)9(13)12(17)15-10/h3-5H,1-2H3,(H2,14,15,16,17). The number of aromatic nitrogens is 2. The molecule has 1 heterocycles. The van der Waals surface area contributed by atoms with Crippen LogP contribution in [0.1, 0.15) is 11.1 Å². The van der Waals surface area contributed by atoms with Crippen LogP contribution in [0, 0.1) is 17.4 Å².